The number of aromatic nitrogens is 3. The minimum Gasteiger partial charge on any atom is -0.364 e. The van der Waals surface area contributed by atoms with Gasteiger partial charge in [-0.25, -0.2) is 9.97 Å². The molecule has 1 aliphatic rings. The lowest BCUT2D eigenvalue weighted by atomic mass is 10.0. The molecule has 0 aliphatic carbocycles. The van der Waals surface area contributed by atoms with Crippen molar-refractivity contribution in [3.63, 3.8) is 0 Å². The molecule has 4 N–H and O–H groups in total. The third-order valence-corrected chi connectivity index (χ3v) is 5.78. The molecule has 0 bridgehead atoms. The molecule has 1 fully saturated rings. The maximum atomic E-state index is 12.5. The molecule has 1 aliphatic heterocycles. The van der Waals surface area contributed by atoms with E-state index in [1.54, 1.807) is 18.3 Å². The molecular weight excluding hydrogens is 414 g/mol. The lowest BCUT2D eigenvalue weighted by molar-refractivity contribution is 0.0932. The summed E-state index contributed by atoms with van der Waals surface area (Å²) in [6.07, 6.45) is 3.33. The van der Waals surface area contributed by atoms with Gasteiger partial charge in [0.25, 0.3) is 11.8 Å². The van der Waals surface area contributed by atoms with Crippen LogP contribution in [0.25, 0.3) is 0 Å². The molecule has 31 heavy (non-hydrogen) atoms. The zero-order chi connectivity index (χ0) is 21.8. The fourth-order valence-corrected chi connectivity index (χ4v) is 4.16. The van der Waals surface area contributed by atoms with E-state index >= 15 is 0 Å². The Morgan fingerprint density at radius 1 is 1.26 bits per heavy atom. The van der Waals surface area contributed by atoms with Gasteiger partial charge in [0.05, 0.1) is 11.9 Å². The van der Waals surface area contributed by atoms with Crippen molar-refractivity contribution >= 4 is 40.0 Å². The van der Waals surface area contributed by atoms with Crippen molar-refractivity contribution < 1.29 is 9.59 Å². The van der Waals surface area contributed by atoms with Gasteiger partial charge < -0.3 is 21.3 Å². The van der Waals surface area contributed by atoms with Crippen molar-refractivity contribution in [2.45, 2.75) is 25.8 Å². The first-order valence-corrected chi connectivity index (χ1v) is 10.7. The number of piperidine rings is 1. The number of nitrogens with one attached hydrogen (secondary N) is 2. The Labute approximate surface area is 183 Å². The van der Waals surface area contributed by atoms with E-state index in [9.17, 15) is 9.59 Å². The van der Waals surface area contributed by atoms with Gasteiger partial charge >= 0.3 is 0 Å². The fourth-order valence-electron chi connectivity index (χ4n) is 3.50. The minimum absolute atomic E-state index is 0.0142. The van der Waals surface area contributed by atoms with Crippen LogP contribution in [0, 0.1) is 6.92 Å². The third kappa shape index (κ3) is 4.97. The number of nitrogens with two attached hydrogens (primary N) is 1. The second-order valence-electron chi connectivity index (χ2n) is 7.37. The highest BCUT2D eigenvalue weighted by molar-refractivity contribution is 7.10. The Bertz CT molecular complexity index is 1090. The van der Waals surface area contributed by atoms with Crippen molar-refractivity contribution in [3.8, 4) is 0 Å². The summed E-state index contributed by atoms with van der Waals surface area (Å²) >= 11 is 1.27. The van der Waals surface area contributed by atoms with Gasteiger partial charge in [-0.15, -0.1) is 0 Å². The van der Waals surface area contributed by atoms with Gasteiger partial charge in [0.15, 0.2) is 11.5 Å². The summed E-state index contributed by atoms with van der Waals surface area (Å²) in [5, 5.41) is 6.95. The number of amides is 2. The van der Waals surface area contributed by atoms with Gasteiger partial charge in [-0.2, -0.15) is 4.37 Å². The molecule has 1 saturated heterocycles. The van der Waals surface area contributed by atoms with Crippen molar-refractivity contribution in [2.24, 2.45) is 5.73 Å². The van der Waals surface area contributed by atoms with E-state index in [-0.39, 0.29) is 17.6 Å². The van der Waals surface area contributed by atoms with Crippen molar-refractivity contribution in [1.29, 1.82) is 0 Å². The zero-order valence-corrected chi connectivity index (χ0v) is 17.9. The summed E-state index contributed by atoms with van der Waals surface area (Å²) in [6.45, 7) is 3.26. The normalized spacial score (nSPS) is 16.0. The molecule has 9 nitrogen and oxygen atoms in total. The highest BCUT2D eigenvalue weighted by Gasteiger charge is 2.24. The topological polar surface area (TPSA) is 126 Å². The number of nitrogens with zero attached hydrogens (tertiary/aromatic N) is 4. The number of hydrogen-bond acceptors (Lipinski definition) is 8. The summed E-state index contributed by atoms with van der Waals surface area (Å²) in [4.78, 5) is 35.2. The van der Waals surface area contributed by atoms with Crippen molar-refractivity contribution in [3.05, 3.63) is 59.5 Å². The highest BCUT2D eigenvalue weighted by atomic mass is 32.1. The molecule has 1 aromatic carbocycles. The number of anilines is 3. The summed E-state index contributed by atoms with van der Waals surface area (Å²) < 4.78 is 4.23. The van der Waals surface area contributed by atoms with Crippen molar-refractivity contribution in [2.75, 3.05) is 23.3 Å². The summed E-state index contributed by atoms with van der Waals surface area (Å²) in [5.74, 6) is 0.163. The monoisotopic (exact) mass is 437 g/mol. The first-order valence-electron chi connectivity index (χ1n) is 9.97. The molecule has 0 radical (unpaired) electrons. The molecule has 1 atom stereocenters. The van der Waals surface area contributed by atoms with E-state index in [0.29, 0.717) is 23.7 Å². The Kier molecular flexibility index (Phi) is 6.08. The van der Waals surface area contributed by atoms with E-state index < -0.39 is 5.91 Å². The smallest absolute Gasteiger partial charge is 0.271 e. The summed E-state index contributed by atoms with van der Waals surface area (Å²) in [7, 11) is 0. The molecule has 4 rings (SSSR count). The standard InChI is InChI=1S/C21H23N7O2S/c1-13-10-17(31-27-13)26-20-18(19(22)29)23-11-16(25-20)28-9-5-8-15(12-28)24-21(30)14-6-3-2-4-7-14/h2-4,6-7,10-11,15H,5,8-9,12H2,1H3,(H2,22,29)(H,24,30)(H,25,26). The van der Waals surface area contributed by atoms with Crippen LogP contribution in [0.3, 0.4) is 0 Å². The number of carbonyl (C=O) groups is 2. The van der Waals surface area contributed by atoms with E-state index in [2.05, 4.69) is 29.9 Å². The lowest BCUT2D eigenvalue weighted by Crippen LogP contribution is -2.48. The average molecular weight is 438 g/mol. The first-order chi connectivity index (χ1) is 15.0. The zero-order valence-electron chi connectivity index (χ0n) is 17.0. The summed E-state index contributed by atoms with van der Waals surface area (Å²) in [6, 6.07) is 11.0. The Balaban J connectivity index is 1.50. The number of aryl methyl sites for hydroxylation is 1. The maximum Gasteiger partial charge on any atom is 0.271 e. The molecule has 3 aromatic rings. The van der Waals surface area contributed by atoms with E-state index in [4.69, 9.17) is 5.73 Å². The van der Waals surface area contributed by atoms with Crippen LogP contribution in [0.5, 0.6) is 0 Å². The number of benzene rings is 1. The number of rotatable bonds is 6. The molecule has 160 valence electrons. The van der Waals surface area contributed by atoms with Crippen LogP contribution in [0.1, 0.15) is 39.4 Å². The fraction of sp³-hybridized carbons (Fsp3) is 0.286. The second kappa shape index (κ2) is 9.09. The van der Waals surface area contributed by atoms with E-state index in [1.807, 2.05) is 31.2 Å². The maximum absolute atomic E-state index is 12.5. The van der Waals surface area contributed by atoms with E-state index in [1.165, 1.54) is 11.5 Å². The van der Waals surface area contributed by atoms with E-state index in [0.717, 1.165) is 30.1 Å². The van der Waals surface area contributed by atoms with Crippen LogP contribution in [-0.2, 0) is 0 Å². The van der Waals surface area contributed by atoms with Crippen LogP contribution >= 0.6 is 11.5 Å². The predicted molar refractivity (Wildman–Crippen MR) is 120 cm³/mol. The highest BCUT2D eigenvalue weighted by Crippen LogP contribution is 2.25. The van der Waals surface area contributed by atoms with Crippen LogP contribution in [0.2, 0.25) is 0 Å². The molecular formula is C21H23N7O2S. The SMILES string of the molecule is Cc1cc(Nc2nc(N3CCCC(NC(=O)c4ccccc4)C3)cnc2C(N)=O)sn1. The lowest BCUT2D eigenvalue weighted by Gasteiger charge is -2.34. The first kappa shape index (κ1) is 20.7. The predicted octanol–water partition coefficient (Wildman–Crippen LogP) is 2.48. The van der Waals surface area contributed by atoms with Crippen LogP contribution < -0.4 is 21.3 Å². The van der Waals surface area contributed by atoms with Gasteiger partial charge in [0, 0.05) is 24.7 Å². The molecule has 2 aromatic heterocycles. The number of primary amides is 1. The molecule has 0 spiro atoms. The molecule has 0 saturated carbocycles. The molecule has 10 heteroatoms. The second-order valence-corrected chi connectivity index (χ2v) is 8.18. The average Bonchev–Trinajstić information content (AvgIpc) is 3.19. The Morgan fingerprint density at radius 2 is 2.06 bits per heavy atom. The quantitative estimate of drug-likeness (QED) is 0.541. The van der Waals surface area contributed by atoms with Gasteiger partial charge in [0.1, 0.15) is 10.8 Å². The molecule has 3 heterocycles. The largest absolute Gasteiger partial charge is 0.364 e. The van der Waals surface area contributed by atoms with Gasteiger partial charge in [-0.1, -0.05) is 18.2 Å². The third-order valence-electron chi connectivity index (χ3n) is 4.98. The molecule has 1 unspecified atom stereocenters. The Morgan fingerprint density at radius 3 is 2.77 bits per heavy atom. The van der Waals surface area contributed by atoms with Crippen LogP contribution in [0.15, 0.2) is 42.6 Å². The van der Waals surface area contributed by atoms with Gasteiger partial charge in [0.2, 0.25) is 0 Å². The molecule has 2 amide bonds. The number of hydrogen-bond donors (Lipinski definition) is 3. The van der Waals surface area contributed by atoms with Gasteiger partial charge in [-0.05, 0) is 49.5 Å². The van der Waals surface area contributed by atoms with Crippen LogP contribution in [-0.4, -0.2) is 45.3 Å². The number of carbonyl (C=O) groups excluding carboxylic acids is 2. The van der Waals surface area contributed by atoms with Gasteiger partial charge in [-0.3, -0.25) is 9.59 Å². The van der Waals surface area contributed by atoms with Crippen LogP contribution in [0.4, 0.5) is 16.6 Å². The minimum atomic E-state index is -0.658. The van der Waals surface area contributed by atoms with Crippen molar-refractivity contribution in [1.82, 2.24) is 19.7 Å². The summed E-state index contributed by atoms with van der Waals surface area (Å²) in [5.41, 5.74) is 7.05. The Hall–Kier alpha value is -3.53.